The molecule has 0 spiro atoms. The lowest BCUT2D eigenvalue weighted by Gasteiger charge is -2.08. The number of hydrogen-bond donors (Lipinski definition) is 2. The van der Waals surface area contributed by atoms with E-state index in [1.165, 1.54) is 22.5 Å². The number of aryl methyl sites for hydroxylation is 1. The summed E-state index contributed by atoms with van der Waals surface area (Å²) < 4.78 is 0. The zero-order valence-corrected chi connectivity index (χ0v) is 13.3. The average molecular weight is 304 g/mol. The third kappa shape index (κ3) is 4.61. The zero-order valence-electron chi connectivity index (χ0n) is 12.5. The molecule has 21 heavy (non-hydrogen) atoms. The van der Waals surface area contributed by atoms with Crippen LogP contribution in [-0.2, 0) is 11.2 Å². The van der Waals surface area contributed by atoms with E-state index in [0.717, 1.165) is 11.4 Å². The van der Waals surface area contributed by atoms with E-state index < -0.39 is 0 Å². The van der Waals surface area contributed by atoms with Crippen molar-refractivity contribution in [3.8, 4) is 0 Å². The molecule has 5 nitrogen and oxygen atoms in total. The second kappa shape index (κ2) is 7.28. The van der Waals surface area contributed by atoms with Crippen molar-refractivity contribution >= 4 is 22.4 Å². The van der Waals surface area contributed by atoms with Gasteiger partial charge in [0.2, 0.25) is 11.0 Å². The van der Waals surface area contributed by atoms with Crippen LogP contribution < -0.4 is 10.6 Å². The second-order valence-electron chi connectivity index (χ2n) is 5.11. The number of amides is 1. The van der Waals surface area contributed by atoms with Gasteiger partial charge in [0.25, 0.3) is 0 Å². The van der Waals surface area contributed by atoms with Crippen LogP contribution in [0.2, 0.25) is 0 Å². The Labute approximate surface area is 128 Å². The van der Waals surface area contributed by atoms with Crippen LogP contribution >= 0.6 is 11.3 Å². The molecule has 0 radical (unpaired) electrons. The van der Waals surface area contributed by atoms with Crippen molar-refractivity contribution in [3.05, 3.63) is 40.4 Å². The molecule has 1 aromatic heterocycles. The Kier molecular flexibility index (Phi) is 5.41. The number of benzene rings is 1. The van der Waals surface area contributed by atoms with Gasteiger partial charge in [0.1, 0.15) is 5.01 Å². The van der Waals surface area contributed by atoms with Crippen LogP contribution in [0.5, 0.6) is 0 Å². The first-order chi connectivity index (χ1) is 10.1. The predicted octanol–water partition coefficient (Wildman–Crippen LogP) is 2.23. The number of carbonyl (C=O) groups excluding carboxylic acids is 1. The molecule has 1 atom stereocenters. The molecule has 0 fully saturated rings. The van der Waals surface area contributed by atoms with Gasteiger partial charge in [-0.05, 0) is 19.5 Å². The molecule has 0 aliphatic heterocycles. The van der Waals surface area contributed by atoms with Gasteiger partial charge in [0, 0.05) is 18.9 Å². The van der Waals surface area contributed by atoms with E-state index in [4.69, 9.17) is 0 Å². The molecule has 2 N–H and O–H groups in total. The van der Waals surface area contributed by atoms with Crippen LogP contribution in [0, 0.1) is 12.8 Å². The first-order valence-electron chi connectivity index (χ1n) is 6.92. The third-order valence-electron chi connectivity index (χ3n) is 3.13. The third-order valence-corrected chi connectivity index (χ3v) is 3.97. The number of nitrogens with zero attached hydrogens (tertiary/aromatic N) is 2. The van der Waals surface area contributed by atoms with Gasteiger partial charge in [-0.1, -0.05) is 48.1 Å². The van der Waals surface area contributed by atoms with Gasteiger partial charge in [-0.2, -0.15) is 0 Å². The number of rotatable bonds is 6. The van der Waals surface area contributed by atoms with Crippen LogP contribution in [0.4, 0.5) is 5.13 Å². The Balaban J connectivity index is 1.95. The molecule has 2 rings (SSSR count). The molecular weight excluding hydrogens is 284 g/mol. The maximum atomic E-state index is 11.9. The summed E-state index contributed by atoms with van der Waals surface area (Å²) in [5.74, 6) is -0.137. The Morgan fingerprint density at radius 1 is 1.29 bits per heavy atom. The topological polar surface area (TPSA) is 66.9 Å². The summed E-state index contributed by atoms with van der Waals surface area (Å²) in [7, 11) is 1.83. The highest BCUT2D eigenvalue weighted by atomic mass is 32.1. The van der Waals surface area contributed by atoms with Gasteiger partial charge in [0.15, 0.2) is 0 Å². The van der Waals surface area contributed by atoms with E-state index in [-0.39, 0.29) is 11.8 Å². The van der Waals surface area contributed by atoms with Gasteiger partial charge in [0.05, 0.1) is 0 Å². The van der Waals surface area contributed by atoms with Crippen molar-refractivity contribution in [2.45, 2.75) is 20.3 Å². The highest BCUT2D eigenvalue weighted by Crippen LogP contribution is 2.19. The van der Waals surface area contributed by atoms with Gasteiger partial charge in [-0.15, -0.1) is 10.2 Å². The monoisotopic (exact) mass is 304 g/mol. The molecular formula is C15H20N4OS. The standard InChI is InChI=1S/C15H20N4OS/c1-10-4-6-12(7-5-10)8-13-18-19-15(21-13)17-14(20)11(2)9-16-3/h4-7,11,16H,8-9H2,1-3H3,(H,17,19,20). The first kappa shape index (κ1) is 15.6. The van der Waals surface area contributed by atoms with E-state index >= 15 is 0 Å². The molecule has 1 unspecified atom stereocenters. The Morgan fingerprint density at radius 3 is 2.67 bits per heavy atom. The minimum Gasteiger partial charge on any atom is -0.319 e. The molecule has 2 aromatic rings. The number of anilines is 1. The van der Waals surface area contributed by atoms with E-state index in [0.29, 0.717) is 11.7 Å². The molecule has 1 heterocycles. The highest BCUT2D eigenvalue weighted by Gasteiger charge is 2.14. The van der Waals surface area contributed by atoms with Gasteiger partial charge >= 0.3 is 0 Å². The molecule has 0 saturated heterocycles. The second-order valence-corrected chi connectivity index (χ2v) is 6.17. The lowest BCUT2D eigenvalue weighted by Crippen LogP contribution is -2.28. The molecule has 1 amide bonds. The Morgan fingerprint density at radius 2 is 2.00 bits per heavy atom. The van der Waals surface area contributed by atoms with E-state index in [9.17, 15) is 4.79 Å². The molecule has 0 aliphatic rings. The van der Waals surface area contributed by atoms with E-state index in [1.54, 1.807) is 0 Å². The summed E-state index contributed by atoms with van der Waals surface area (Å²) >= 11 is 1.42. The number of nitrogens with one attached hydrogen (secondary N) is 2. The fourth-order valence-corrected chi connectivity index (χ4v) is 2.66. The van der Waals surface area contributed by atoms with E-state index in [1.807, 2.05) is 14.0 Å². The van der Waals surface area contributed by atoms with Gasteiger partial charge in [-0.3, -0.25) is 4.79 Å². The smallest absolute Gasteiger partial charge is 0.230 e. The van der Waals surface area contributed by atoms with Gasteiger partial charge < -0.3 is 10.6 Å². The minimum absolute atomic E-state index is 0.0395. The highest BCUT2D eigenvalue weighted by molar-refractivity contribution is 7.15. The summed E-state index contributed by atoms with van der Waals surface area (Å²) in [5, 5.41) is 15.4. The van der Waals surface area contributed by atoms with Crippen LogP contribution in [-0.4, -0.2) is 29.7 Å². The maximum absolute atomic E-state index is 11.9. The normalized spacial score (nSPS) is 12.1. The van der Waals surface area contributed by atoms with Crippen molar-refractivity contribution < 1.29 is 4.79 Å². The SMILES string of the molecule is CNCC(C)C(=O)Nc1nnc(Cc2ccc(C)cc2)s1. The van der Waals surface area contributed by atoms with Crippen LogP contribution in [0.25, 0.3) is 0 Å². The molecule has 6 heteroatoms. The fourth-order valence-electron chi connectivity index (χ4n) is 1.88. The number of carbonyl (C=O) groups is 1. The van der Waals surface area contributed by atoms with Crippen molar-refractivity contribution in [1.29, 1.82) is 0 Å². The fraction of sp³-hybridized carbons (Fsp3) is 0.400. The zero-order chi connectivity index (χ0) is 15.2. The number of hydrogen-bond acceptors (Lipinski definition) is 5. The van der Waals surface area contributed by atoms with Crippen LogP contribution in [0.15, 0.2) is 24.3 Å². The van der Waals surface area contributed by atoms with Crippen LogP contribution in [0.3, 0.4) is 0 Å². The molecule has 0 saturated carbocycles. The average Bonchev–Trinajstić information content (AvgIpc) is 2.89. The largest absolute Gasteiger partial charge is 0.319 e. The number of aromatic nitrogens is 2. The Bertz CT molecular complexity index is 594. The van der Waals surface area contributed by atoms with Gasteiger partial charge in [-0.25, -0.2) is 0 Å². The summed E-state index contributed by atoms with van der Waals surface area (Å²) in [6, 6.07) is 8.34. The molecule has 0 aliphatic carbocycles. The summed E-state index contributed by atoms with van der Waals surface area (Å²) in [5.41, 5.74) is 2.43. The summed E-state index contributed by atoms with van der Waals surface area (Å²) in [4.78, 5) is 11.9. The van der Waals surface area contributed by atoms with Crippen molar-refractivity contribution in [1.82, 2.24) is 15.5 Å². The van der Waals surface area contributed by atoms with Crippen molar-refractivity contribution in [2.24, 2.45) is 5.92 Å². The molecule has 112 valence electrons. The molecule has 0 bridgehead atoms. The van der Waals surface area contributed by atoms with Crippen LogP contribution in [0.1, 0.15) is 23.1 Å². The lowest BCUT2D eigenvalue weighted by atomic mass is 10.1. The van der Waals surface area contributed by atoms with E-state index in [2.05, 4.69) is 52.0 Å². The first-order valence-corrected chi connectivity index (χ1v) is 7.73. The summed E-state index contributed by atoms with van der Waals surface area (Å²) in [6.07, 6.45) is 0.736. The quantitative estimate of drug-likeness (QED) is 0.859. The van der Waals surface area contributed by atoms with Crippen molar-refractivity contribution in [3.63, 3.8) is 0 Å². The van der Waals surface area contributed by atoms with Crippen molar-refractivity contribution in [2.75, 3.05) is 18.9 Å². The summed E-state index contributed by atoms with van der Waals surface area (Å²) in [6.45, 7) is 4.58. The maximum Gasteiger partial charge on any atom is 0.230 e. The predicted molar refractivity (Wildman–Crippen MR) is 85.6 cm³/mol. The lowest BCUT2D eigenvalue weighted by molar-refractivity contribution is -0.119. The minimum atomic E-state index is -0.0977. The molecule has 1 aromatic carbocycles. The Hall–Kier alpha value is -1.79.